The highest BCUT2D eigenvalue weighted by molar-refractivity contribution is 5.93. The van der Waals surface area contributed by atoms with Gasteiger partial charge in [-0.15, -0.1) is 10.2 Å². The van der Waals surface area contributed by atoms with Gasteiger partial charge in [0.25, 0.3) is 0 Å². The number of allylic oxidation sites excluding steroid dienone is 1. The fourth-order valence-corrected chi connectivity index (χ4v) is 4.56. The summed E-state index contributed by atoms with van der Waals surface area (Å²) in [6.07, 6.45) is 8.93. The molecule has 0 radical (unpaired) electrons. The Morgan fingerprint density at radius 2 is 2.02 bits per heavy atom. The van der Waals surface area contributed by atoms with Crippen LogP contribution in [0.1, 0.15) is 42.2 Å². The van der Waals surface area contributed by atoms with Gasteiger partial charge in [-0.25, -0.2) is 9.50 Å². The van der Waals surface area contributed by atoms with E-state index in [0.717, 1.165) is 18.4 Å². The van der Waals surface area contributed by atoms with Crippen LogP contribution < -0.4 is 5.32 Å². The van der Waals surface area contributed by atoms with Crippen molar-refractivity contribution < 1.29 is 23.1 Å². The van der Waals surface area contributed by atoms with E-state index in [9.17, 15) is 9.59 Å². The highest BCUT2D eigenvalue weighted by atomic mass is 19.3. The van der Waals surface area contributed by atoms with Crippen molar-refractivity contribution in [1.29, 1.82) is 0 Å². The summed E-state index contributed by atoms with van der Waals surface area (Å²) in [4.78, 5) is 30.3. The number of aryl methyl sites for hydroxylation is 1. The van der Waals surface area contributed by atoms with Crippen molar-refractivity contribution in [3.8, 4) is 0 Å². The smallest absolute Gasteiger partial charge is 0.350 e. The lowest BCUT2D eigenvalue weighted by atomic mass is 10.0. The summed E-state index contributed by atoms with van der Waals surface area (Å²) in [6, 6.07) is 2.61. The molecule has 4 aromatic heterocycles. The highest BCUT2D eigenvalue weighted by Gasteiger charge is 2.43. The zero-order chi connectivity index (χ0) is 28.7. The molecular weight excluding hydrogens is 538 g/mol. The molecule has 2 amide bonds. The van der Waals surface area contributed by atoms with Crippen molar-refractivity contribution in [1.82, 2.24) is 44.0 Å². The van der Waals surface area contributed by atoms with Gasteiger partial charge in [0.15, 0.2) is 11.5 Å². The van der Waals surface area contributed by atoms with E-state index >= 15 is 8.78 Å². The number of ether oxygens (including phenoxy) is 1. The van der Waals surface area contributed by atoms with Crippen LogP contribution in [-0.2, 0) is 33.2 Å². The lowest BCUT2D eigenvalue weighted by Gasteiger charge is -2.19. The van der Waals surface area contributed by atoms with Crippen LogP contribution in [0.15, 0.2) is 30.7 Å². The van der Waals surface area contributed by atoms with E-state index in [-0.39, 0.29) is 30.1 Å². The van der Waals surface area contributed by atoms with E-state index in [1.165, 1.54) is 32.1 Å². The molecule has 1 fully saturated rings. The Morgan fingerprint density at radius 1 is 1.20 bits per heavy atom. The molecular formula is C26H28F2N10O3. The van der Waals surface area contributed by atoms with Gasteiger partial charge < -0.3 is 15.0 Å². The minimum Gasteiger partial charge on any atom is -0.383 e. The molecule has 5 heterocycles. The largest absolute Gasteiger partial charge is 0.383 e. The lowest BCUT2D eigenvalue weighted by molar-refractivity contribution is -0.131. The molecule has 1 aliphatic heterocycles. The van der Waals surface area contributed by atoms with E-state index in [1.807, 2.05) is 0 Å². The van der Waals surface area contributed by atoms with Gasteiger partial charge in [0.05, 0.1) is 19.0 Å². The molecule has 0 bridgehead atoms. The van der Waals surface area contributed by atoms with Gasteiger partial charge in [-0.05, 0) is 37.0 Å². The zero-order valence-corrected chi connectivity index (χ0v) is 22.5. The number of methoxy groups -OCH3 is 1. The first kappa shape index (κ1) is 26.7. The number of carbonyl (C=O) groups is 2. The van der Waals surface area contributed by atoms with Crippen molar-refractivity contribution in [3.05, 3.63) is 53.6 Å². The predicted octanol–water partition coefficient (Wildman–Crippen LogP) is 2.05. The maximum Gasteiger partial charge on any atom is 0.350 e. The van der Waals surface area contributed by atoms with Crippen LogP contribution >= 0.6 is 0 Å². The Kier molecular flexibility index (Phi) is 6.81. The van der Waals surface area contributed by atoms with Crippen LogP contribution in [0.3, 0.4) is 0 Å². The summed E-state index contributed by atoms with van der Waals surface area (Å²) in [5.74, 6) is -3.77. The van der Waals surface area contributed by atoms with Gasteiger partial charge in [-0.3, -0.25) is 18.8 Å². The second kappa shape index (κ2) is 10.5. The summed E-state index contributed by atoms with van der Waals surface area (Å²) in [7, 11) is 3.26. The molecule has 41 heavy (non-hydrogen) atoms. The maximum atomic E-state index is 15.8. The molecule has 1 N–H and O–H groups in total. The number of alkyl halides is 2. The number of hydrogen-bond acceptors (Lipinski definition) is 8. The number of fused-ring (bicyclic) bond motifs is 2. The maximum absolute atomic E-state index is 15.8. The number of hydrogen-bond donors (Lipinski definition) is 1. The van der Waals surface area contributed by atoms with Gasteiger partial charge >= 0.3 is 5.92 Å². The first-order chi connectivity index (χ1) is 19.7. The fraction of sp³-hybridized carbons (Fsp3) is 0.423. The van der Waals surface area contributed by atoms with Gasteiger partial charge in [-0.1, -0.05) is 0 Å². The van der Waals surface area contributed by atoms with Crippen LogP contribution in [-0.4, -0.2) is 83.2 Å². The van der Waals surface area contributed by atoms with Crippen molar-refractivity contribution in [2.75, 3.05) is 32.6 Å². The van der Waals surface area contributed by atoms with Crippen molar-refractivity contribution in [2.45, 2.75) is 38.2 Å². The molecule has 1 aliphatic carbocycles. The van der Waals surface area contributed by atoms with Gasteiger partial charge in [0, 0.05) is 51.0 Å². The summed E-state index contributed by atoms with van der Waals surface area (Å²) >= 11 is 0. The number of nitrogens with zero attached hydrogens (tertiary/aromatic N) is 9. The van der Waals surface area contributed by atoms with Crippen LogP contribution in [0, 0.1) is 5.92 Å². The Bertz CT molecular complexity index is 1650. The molecule has 15 heteroatoms. The van der Waals surface area contributed by atoms with Crippen molar-refractivity contribution in [3.63, 3.8) is 0 Å². The number of anilines is 1. The van der Waals surface area contributed by atoms with Crippen LogP contribution in [0.4, 0.5) is 14.6 Å². The average molecular weight is 567 g/mol. The lowest BCUT2D eigenvalue weighted by Crippen LogP contribution is -2.32. The number of aromatic nitrogens is 8. The minimum atomic E-state index is -3.58. The molecule has 2 aliphatic rings. The number of imidazole rings is 1. The van der Waals surface area contributed by atoms with Crippen LogP contribution in [0.25, 0.3) is 17.4 Å². The normalized spacial score (nSPS) is 15.1. The molecule has 214 valence electrons. The summed E-state index contributed by atoms with van der Waals surface area (Å²) in [6.45, 7) is 0.935. The molecule has 1 saturated carbocycles. The van der Waals surface area contributed by atoms with Crippen LogP contribution in [0.2, 0.25) is 0 Å². The number of carbonyl (C=O) groups excluding carboxylic acids is 2. The second-order valence-corrected chi connectivity index (χ2v) is 10.2. The average Bonchev–Trinajstić information content (AvgIpc) is 3.36. The van der Waals surface area contributed by atoms with E-state index in [4.69, 9.17) is 4.74 Å². The zero-order valence-electron chi connectivity index (χ0n) is 22.5. The van der Waals surface area contributed by atoms with Gasteiger partial charge in [0.2, 0.25) is 17.6 Å². The first-order valence-corrected chi connectivity index (χ1v) is 13.2. The number of amides is 2. The van der Waals surface area contributed by atoms with Crippen molar-refractivity contribution >= 4 is 35.1 Å². The fourth-order valence-electron chi connectivity index (χ4n) is 4.56. The molecule has 0 saturated heterocycles. The number of nitrogens with one attached hydrogen (secondary N) is 1. The summed E-state index contributed by atoms with van der Waals surface area (Å²) in [5, 5.41) is 18.9. The Hall–Kier alpha value is -4.53. The van der Waals surface area contributed by atoms with E-state index in [1.54, 1.807) is 37.7 Å². The predicted molar refractivity (Wildman–Crippen MR) is 142 cm³/mol. The molecule has 0 atom stereocenters. The molecule has 4 aromatic rings. The Balaban J connectivity index is 1.23. The molecule has 0 aromatic carbocycles. The molecule has 6 rings (SSSR count). The molecule has 0 spiro atoms. The summed E-state index contributed by atoms with van der Waals surface area (Å²) in [5.41, 5.74) is 1.25. The first-order valence-electron chi connectivity index (χ1n) is 13.2. The highest BCUT2D eigenvalue weighted by Crippen LogP contribution is 2.36. The van der Waals surface area contributed by atoms with E-state index in [2.05, 4.69) is 30.7 Å². The monoisotopic (exact) mass is 566 g/mol. The summed E-state index contributed by atoms with van der Waals surface area (Å²) < 4.78 is 40.7. The molecule has 0 unspecified atom stereocenters. The second-order valence-electron chi connectivity index (χ2n) is 10.2. The third-order valence-corrected chi connectivity index (χ3v) is 7.15. The van der Waals surface area contributed by atoms with E-state index < -0.39 is 17.4 Å². The van der Waals surface area contributed by atoms with Gasteiger partial charge in [-0.2, -0.15) is 19.0 Å². The number of likely N-dealkylation sites (N-methyl/N-ethyl adjacent to an activating group) is 1. The SMILES string of the molecule is COCCN(C)C(=O)Cn1cc(C2=Cn3c(nnc3C(F)(F)c3ccc4nc(NC(=O)C5CC5)cn4n3)CC2)cn1. The van der Waals surface area contributed by atoms with Crippen LogP contribution in [0.5, 0.6) is 0 Å². The van der Waals surface area contributed by atoms with Crippen molar-refractivity contribution in [2.24, 2.45) is 5.92 Å². The van der Waals surface area contributed by atoms with E-state index in [0.29, 0.717) is 43.0 Å². The molecule has 13 nitrogen and oxygen atoms in total. The Labute approximate surface area is 232 Å². The Morgan fingerprint density at radius 3 is 2.80 bits per heavy atom. The minimum absolute atomic E-state index is 0.0191. The topological polar surface area (TPSA) is 137 Å². The quantitative estimate of drug-likeness (QED) is 0.308. The standard InChI is InChI=1S/C26H28F2N10O3/c1-35(9-10-41-2)23(39)15-36-12-18(11-29-36)17-5-7-22-32-33-25(37(22)13-17)26(27,28)19-6-8-21-30-20(14-38(21)34-19)31-24(40)16-3-4-16/h6,8,11-14,16H,3-5,7,9-10,15H2,1-2H3,(H,31,40). The van der Waals surface area contributed by atoms with Gasteiger partial charge in [0.1, 0.15) is 18.1 Å². The number of rotatable bonds is 10. The number of halogens is 2. The third kappa shape index (κ3) is 5.31. The third-order valence-electron chi connectivity index (χ3n) is 7.15.